The van der Waals surface area contributed by atoms with Crippen LogP contribution in [0.3, 0.4) is 0 Å². The molecule has 0 aliphatic rings. The second-order valence-electron chi connectivity index (χ2n) is 8.20. The van der Waals surface area contributed by atoms with Crippen LogP contribution >= 0.6 is 0 Å². The van der Waals surface area contributed by atoms with Crippen LogP contribution in [-0.2, 0) is 13.0 Å². The summed E-state index contributed by atoms with van der Waals surface area (Å²) in [5.74, 6) is 1.64. The molecule has 0 saturated heterocycles. The van der Waals surface area contributed by atoms with Crippen LogP contribution in [0.2, 0.25) is 0 Å². The fraction of sp³-hybridized carbons (Fsp3) is 0.444. The first-order chi connectivity index (χ1) is 15.6. The Bertz CT molecular complexity index is 1040. The van der Waals surface area contributed by atoms with E-state index >= 15 is 0 Å². The predicted molar refractivity (Wildman–Crippen MR) is 130 cm³/mol. The fourth-order valence-corrected chi connectivity index (χ4v) is 3.73. The SMILES string of the molecule is CCCCCOc1ccc2c(=O)n(CCc3ccc(O)cc3)ccc2c1OCCCCC. The maximum atomic E-state index is 13.2. The number of aryl methyl sites for hydroxylation is 2. The van der Waals surface area contributed by atoms with Crippen molar-refractivity contribution >= 4 is 10.8 Å². The van der Waals surface area contributed by atoms with Gasteiger partial charge in [0.1, 0.15) is 5.75 Å². The molecule has 1 N–H and O–H groups in total. The lowest BCUT2D eigenvalue weighted by molar-refractivity contribution is 0.262. The summed E-state index contributed by atoms with van der Waals surface area (Å²) in [6, 6.07) is 12.8. The molecule has 0 saturated carbocycles. The number of pyridine rings is 1. The van der Waals surface area contributed by atoms with Gasteiger partial charge in [0.2, 0.25) is 0 Å². The summed E-state index contributed by atoms with van der Waals surface area (Å²) < 4.78 is 13.9. The van der Waals surface area contributed by atoms with Gasteiger partial charge >= 0.3 is 0 Å². The van der Waals surface area contributed by atoms with Gasteiger partial charge in [-0.25, -0.2) is 0 Å². The fourth-order valence-electron chi connectivity index (χ4n) is 3.73. The van der Waals surface area contributed by atoms with Gasteiger partial charge in [0.15, 0.2) is 11.5 Å². The van der Waals surface area contributed by atoms with E-state index in [1.54, 1.807) is 16.7 Å². The van der Waals surface area contributed by atoms with Crippen molar-refractivity contribution in [1.82, 2.24) is 4.57 Å². The molecule has 172 valence electrons. The lowest BCUT2D eigenvalue weighted by atomic mass is 10.1. The van der Waals surface area contributed by atoms with Crippen LogP contribution in [-0.4, -0.2) is 22.9 Å². The van der Waals surface area contributed by atoms with Gasteiger partial charge in [-0.15, -0.1) is 0 Å². The third-order valence-electron chi connectivity index (χ3n) is 5.65. The second-order valence-corrected chi connectivity index (χ2v) is 8.20. The molecule has 0 spiro atoms. The highest BCUT2D eigenvalue weighted by atomic mass is 16.5. The lowest BCUT2D eigenvalue weighted by Crippen LogP contribution is -2.20. The van der Waals surface area contributed by atoms with E-state index < -0.39 is 0 Å². The molecule has 32 heavy (non-hydrogen) atoms. The molecule has 0 atom stereocenters. The molecule has 3 rings (SSSR count). The van der Waals surface area contributed by atoms with Crippen molar-refractivity contribution < 1.29 is 14.6 Å². The topological polar surface area (TPSA) is 60.7 Å². The highest BCUT2D eigenvalue weighted by molar-refractivity contribution is 5.90. The second kappa shape index (κ2) is 12.2. The highest BCUT2D eigenvalue weighted by Crippen LogP contribution is 2.35. The predicted octanol–water partition coefficient (Wildman–Crippen LogP) is 6.09. The zero-order chi connectivity index (χ0) is 22.8. The van der Waals surface area contributed by atoms with E-state index in [2.05, 4.69) is 13.8 Å². The Kier molecular flexibility index (Phi) is 9.02. The average molecular weight is 438 g/mol. The molecule has 5 nitrogen and oxygen atoms in total. The Labute approximate surface area is 190 Å². The number of fused-ring (bicyclic) bond motifs is 1. The first kappa shape index (κ1) is 23.7. The van der Waals surface area contributed by atoms with Crippen LogP contribution in [0.4, 0.5) is 0 Å². The van der Waals surface area contributed by atoms with Gasteiger partial charge in [-0.05, 0) is 55.2 Å². The maximum absolute atomic E-state index is 13.2. The number of hydrogen-bond acceptors (Lipinski definition) is 4. The number of unbranched alkanes of at least 4 members (excludes halogenated alkanes) is 4. The molecule has 0 unspecified atom stereocenters. The minimum absolute atomic E-state index is 0.0304. The molecular weight excluding hydrogens is 402 g/mol. The minimum Gasteiger partial charge on any atom is -0.508 e. The van der Waals surface area contributed by atoms with Crippen LogP contribution in [0, 0.1) is 0 Å². The van der Waals surface area contributed by atoms with Crippen LogP contribution in [0.5, 0.6) is 17.2 Å². The number of ether oxygens (including phenoxy) is 2. The van der Waals surface area contributed by atoms with E-state index in [0.29, 0.717) is 43.1 Å². The zero-order valence-electron chi connectivity index (χ0n) is 19.3. The number of phenolic OH excluding ortho intramolecular Hbond substituents is 1. The van der Waals surface area contributed by atoms with E-state index in [1.807, 2.05) is 36.5 Å². The Morgan fingerprint density at radius 1 is 0.812 bits per heavy atom. The van der Waals surface area contributed by atoms with E-state index in [0.717, 1.165) is 49.5 Å². The summed E-state index contributed by atoms with van der Waals surface area (Å²) in [5.41, 5.74) is 1.04. The molecule has 5 heteroatoms. The van der Waals surface area contributed by atoms with Crippen molar-refractivity contribution in [3.05, 3.63) is 64.6 Å². The van der Waals surface area contributed by atoms with Crippen molar-refractivity contribution in [2.45, 2.75) is 65.3 Å². The molecule has 0 fully saturated rings. The van der Waals surface area contributed by atoms with Crippen LogP contribution in [0.25, 0.3) is 10.8 Å². The van der Waals surface area contributed by atoms with Crippen molar-refractivity contribution in [3.63, 3.8) is 0 Å². The summed E-state index contributed by atoms with van der Waals surface area (Å²) in [4.78, 5) is 13.2. The summed E-state index contributed by atoms with van der Waals surface area (Å²) in [6.45, 7) is 6.17. The van der Waals surface area contributed by atoms with Crippen molar-refractivity contribution in [2.75, 3.05) is 13.2 Å². The van der Waals surface area contributed by atoms with Crippen molar-refractivity contribution in [1.29, 1.82) is 0 Å². The quantitative estimate of drug-likeness (QED) is 0.329. The van der Waals surface area contributed by atoms with E-state index in [4.69, 9.17) is 9.47 Å². The standard InChI is InChI=1S/C27H35NO4/c1-3-5-7-19-31-25-14-13-24-23(26(25)32-20-8-6-4-2)16-18-28(27(24)30)17-15-21-9-11-22(29)12-10-21/h9-14,16,18,29H,3-8,15,17,19-20H2,1-2H3. The normalized spacial score (nSPS) is 11.1. The number of aromatic nitrogens is 1. The zero-order valence-corrected chi connectivity index (χ0v) is 19.3. The molecule has 1 heterocycles. The smallest absolute Gasteiger partial charge is 0.258 e. The monoisotopic (exact) mass is 437 g/mol. The van der Waals surface area contributed by atoms with E-state index in [9.17, 15) is 9.90 Å². The molecule has 0 radical (unpaired) electrons. The number of nitrogens with zero attached hydrogens (tertiary/aromatic N) is 1. The van der Waals surface area contributed by atoms with E-state index in [1.165, 1.54) is 0 Å². The first-order valence-corrected chi connectivity index (χ1v) is 11.8. The number of aromatic hydroxyl groups is 1. The summed E-state index contributed by atoms with van der Waals surface area (Å²) in [7, 11) is 0. The van der Waals surface area contributed by atoms with Gasteiger partial charge < -0.3 is 19.1 Å². The molecule has 0 aliphatic heterocycles. The largest absolute Gasteiger partial charge is 0.508 e. The molecular formula is C27H35NO4. The van der Waals surface area contributed by atoms with Gasteiger partial charge in [0.25, 0.3) is 5.56 Å². The van der Waals surface area contributed by atoms with Gasteiger partial charge in [0.05, 0.1) is 18.6 Å². The third kappa shape index (κ3) is 6.28. The van der Waals surface area contributed by atoms with Crippen LogP contribution in [0.15, 0.2) is 53.5 Å². The summed E-state index contributed by atoms with van der Waals surface area (Å²) in [6.07, 6.45) is 9.05. The number of phenols is 1. The van der Waals surface area contributed by atoms with Gasteiger partial charge in [0, 0.05) is 18.1 Å². The molecule has 3 aromatic rings. The first-order valence-electron chi connectivity index (χ1n) is 11.8. The van der Waals surface area contributed by atoms with Gasteiger partial charge in [-0.1, -0.05) is 51.7 Å². The van der Waals surface area contributed by atoms with Crippen molar-refractivity contribution in [2.24, 2.45) is 0 Å². The molecule has 0 amide bonds. The number of hydrogen-bond donors (Lipinski definition) is 1. The summed E-state index contributed by atoms with van der Waals surface area (Å²) >= 11 is 0. The van der Waals surface area contributed by atoms with Gasteiger partial charge in [-0.3, -0.25) is 4.79 Å². The number of benzene rings is 2. The summed E-state index contributed by atoms with van der Waals surface area (Å²) in [5, 5.41) is 10.9. The highest BCUT2D eigenvalue weighted by Gasteiger charge is 2.14. The minimum atomic E-state index is -0.0304. The third-order valence-corrected chi connectivity index (χ3v) is 5.65. The Balaban J connectivity index is 1.84. The Morgan fingerprint density at radius 3 is 2.19 bits per heavy atom. The van der Waals surface area contributed by atoms with Crippen molar-refractivity contribution in [3.8, 4) is 17.2 Å². The van der Waals surface area contributed by atoms with Gasteiger partial charge in [-0.2, -0.15) is 0 Å². The Hall–Kier alpha value is -2.95. The number of rotatable bonds is 13. The van der Waals surface area contributed by atoms with Crippen LogP contribution in [0.1, 0.15) is 57.9 Å². The maximum Gasteiger partial charge on any atom is 0.258 e. The molecule has 0 bridgehead atoms. The molecule has 1 aromatic heterocycles. The lowest BCUT2D eigenvalue weighted by Gasteiger charge is -2.16. The van der Waals surface area contributed by atoms with Crippen LogP contribution < -0.4 is 15.0 Å². The average Bonchev–Trinajstić information content (AvgIpc) is 2.81. The van der Waals surface area contributed by atoms with E-state index in [-0.39, 0.29) is 11.3 Å². The molecule has 2 aromatic carbocycles. The Morgan fingerprint density at radius 2 is 1.50 bits per heavy atom. The molecule has 0 aliphatic carbocycles.